The molecule has 1 N–H and O–H groups in total. The standard InChI is InChI=1S/C16H18N2O4S/c1-2-3-9-17-14(19)11-18-15(20)13(23-16(18)21)8-4-6-12-7-5-10-22-12/h4-8,10H,2-3,9,11H2,1H3,(H,17,19)/b6-4+,13-8-. The molecular formula is C16H18N2O4S. The smallest absolute Gasteiger partial charge is 0.294 e. The van der Waals surface area contributed by atoms with Gasteiger partial charge in [-0.25, -0.2) is 0 Å². The number of hydrogen-bond acceptors (Lipinski definition) is 5. The second-order valence-electron chi connectivity index (χ2n) is 4.87. The maximum Gasteiger partial charge on any atom is 0.294 e. The number of nitrogens with zero attached hydrogens (tertiary/aromatic N) is 1. The summed E-state index contributed by atoms with van der Waals surface area (Å²) in [6.45, 7) is 2.32. The van der Waals surface area contributed by atoms with E-state index in [2.05, 4.69) is 5.32 Å². The highest BCUT2D eigenvalue weighted by Gasteiger charge is 2.35. The van der Waals surface area contributed by atoms with Gasteiger partial charge in [-0.15, -0.1) is 0 Å². The highest BCUT2D eigenvalue weighted by atomic mass is 32.2. The zero-order valence-corrected chi connectivity index (χ0v) is 13.6. The fourth-order valence-corrected chi connectivity index (χ4v) is 2.66. The van der Waals surface area contributed by atoms with E-state index < -0.39 is 11.1 Å². The summed E-state index contributed by atoms with van der Waals surface area (Å²) in [5.41, 5.74) is 0. The van der Waals surface area contributed by atoms with Gasteiger partial charge in [-0.3, -0.25) is 19.3 Å². The normalized spacial score (nSPS) is 16.7. The van der Waals surface area contributed by atoms with Crippen molar-refractivity contribution in [2.45, 2.75) is 19.8 Å². The number of amides is 3. The van der Waals surface area contributed by atoms with Crippen molar-refractivity contribution in [3.05, 3.63) is 41.2 Å². The van der Waals surface area contributed by atoms with Crippen LogP contribution in [0.3, 0.4) is 0 Å². The van der Waals surface area contributed by atoms with Crippen LogP contribution in [0.4, 0.5) is 4.79 Å². The second-order valence-corrected chi connectivity index (χ2v) is 5.86. The van der Waals surface area contributed by atoms with Gasteiger partial charge in [0.25, 0.3) is 11.1 Å². The van der Waals surface area contributed by atoms with E-state index in [1.807, 2.05) is 6.92 Å². The number of furan rings is 1. The van der Waals surface area contributed by atoms with Crippen LogP contribution >= 0.6 is 11.8 Å². The third-order valence-electron chi connectivity index (χ3n) is 3.08. The van der Waals surface area contributed by atoms with Crippen molar-refractivity contribution in [1.29, 1.82) is 0 Å². The first-order chi connectivity index (χ1) is 11.1. The summed E-state index contributed by atoms with van der Waals surface area (Å²) in [6, 6.07) is 3.53. The Morgan fingerprint density at radius 3 is 2.96 bits per heavy atom. The summed E-state index contributed by atoms with van der Waals surface area (Å²) < 4.78 is 5.13. The van der Waals surface area contributed by atoms with Gasteiger partial charge in [-0.05, 0) is 42.5 Å². The molecule has 3 amide bonds. The van der Waals surface area contributed by atoms with Gasteiger partial charge in [0.2, 0.25) is 5.91 Å². The minimum absolute atomic E-state index is 0.242. The molecule has 2 rings (SSSR count). The molecular weight excluding hydrogens is 316 g/mol. The molecule has 1 aliphatic rings. The monoisotopic (exact) mass is 334 g/mol. The minimum atomic E-state index is -0.449. The lowest BCUT2D eigenvalue weighted by Crippen LogP contribution is -2.39. The van der Waals surface area contributed by atoms with E-state index in [9.17, 15) is 14.4 Å². The molecule has 0 aromatic carbocycles. The van der Waals surface area contributed by atoms with Crippen molar-refractivity contribution in [2.24, 2.45) is 0 Å². The highest BCUT2D eigenvalue weighted by Crippen LogP contribution is 2.30. The SMILES string of the molecule is CCCCNC(=O)CN1C(=O)S/C(=C\C=C\c2ccco2)C1=O. The van der Waals surface area contributed by atoms with Gasteiger partial charge < -0.3 is 9.73 Å². The molecule has 0 radical (unpaired) electrons. The van der Waals surface area contributed by atoms with Gasteiger partial charge in [0, 0.05) is 6.54 Å². The number of thioether (sulfide) groups is 1. The summed E-state index contributed by atoms with van der Waals surface area (Å²) in [4.78, 5) is 37.0. The number of carbonyl (C=O) groups is 3. The summed E-state index contributed by atoms with van der Waals surface area (Å²) in [5.74, 6) is -0.126. The maximum atomic E-state index is 12.2. The van der Waals surface area contributed by atoms with Crippen LogP contribution < -0.4 is 5.32 Å². The Bertz CT molecular complexity index is 635. The van der Waals surface area contributed by atoms with Gasteiger partial charge in [0.05, 0.1) is 11.2 Å². The molecule has 1 saturated heterocycles. The molecule has 0 aliphatic carbocycles. The Balaban J connectivity index is 1.92. The summed E-state index contributed by atoms with van der Waals surface area (Å²) in [7, 11) is 0. The van der Waals surface area contributed by atoms with Crippen molar-refractivity contribution in [1.82, 2.24) is 10.2 Å². The van der Waals surface area contributed by atoms with Crippen LogP contribution in [0.15, 0.2) is 39.9 Å². The van der Waals surface area contributed by atoms with Crippen molar-refractivity contribution in [3.8, 4) is 0 Å². The number of hydrogen-bond donors (Lipinski definition) is 1. The molecule has 0 atom stereocenters. The number of carbonyl (C=O) groups excluding carboxylic acids is 3. The van der Waals surface area contributed by atoms with Crippen LogP contribution in [0.1, 0.15) is 25.5 Å². The van der Waals surface area contributed by atoms with Crippen LogP contribution in [0.25, 0.3) is 6.08 Å². The van der Waals surface area contributed by atoms with E-state index in [0.717, 1.165) is 29.5 Å². The van der Waals surface area contributed by atoms with Crippen molar-refractivity contribution in [2.75, 3.05) is 13.1 Å². The molecule has 6 nitrogen and oxygen atoms in total. The Morgan fingerprint density at radius 2 is 2.26 bits per heavy atom. The average Bonchev–Trinajstić information content (AvgIpc) is 3.12. The first-order valence-corrected chi connectivity index (χ1v) is 8.15. The zero-order valence-electron chi connectivity index (χ0n) is 12.8. The van der Waals surface area contributed by atoms with E-state index in [0.29, 0.717) is 17.2 Å². The lowest BCUT2D eigenvalue weighted by Gasteiger charge is -2.12. The molecule has 2 heterocycles. The van der Waals surface area contributed by atoms with Crippen LogP contribution in [0.2, 0.25) is 0 Å². The molecule has 23 heavy (non-hydrogen) atoms. The molecule has 1 aromatic heterocycles. The predicted octanol–water partition coefficient (Wildman–Crippen LogP) is 2.79. The Hall–Kier alpha value is -2.28. The van der Waals surface area contributed by atoms with E-state index >= 15 is 0 Å². The van der Waals surface area contributed by atoms with Gasteiger partial charge >= 0.3 is 0 Å². The minimum Gasteiger partial charge on any atom is -0.465 e. The third kappa shape index (κ3) is 4.85. The quantitative estimate of drug-likeness (QED) is 0.613. The van der Waals surface area contributed by atoms with E-state index in [-0.39, 0.29) is 12.5 Å². The van der Waals surface area contributed by atoms with E-state index in [1.54, 1.807) is 36.6 Å². The average molecular weight is 334 g/mol. The lowest BCUT2D eigenvalue weighted by atomic mass is 10.3. The van der Waals surface area contributed by atoms with Crippen molar-refractivity contribution >= 4 is 34.9 Å². The molecule has 1 aliphatic heterocycles. The topological polar surface area (TPSA) is 79.6 Å². The summed E-state index contributed by atoms with van der Waals surface area (Å²) in [6.07, 6.45) is 8.24. The Labute approximate surface area is 138 Å². The molecule has 0 unspecified atom stereocenters. The highest BCUT2D eigenvalue weighted by molar-refractivity contribution is 8.18. The van der Waals surface area contributed by atoms with Crippen LogP contribution in [-0.4, -0.2) is 35.0 Å². The molecule has 0 spiro atoms. The third-order valence-corrected chi connectivity index (χ3v) is 4.00. The molecule has 7 heteroatoms. The number of nitrogens with one attached hydrogen (secondary N) is 1. The van der Waals surface area contributed by atoms with Crippen LogP contribution in [0, 0.1) is 0 Å². The lowest BCUT2D eigenvalue weighted by molar-refractivity contribution is -0.129. The van der Waals surface area contributed by atoms with Crippen LogP contribution in [-0.2, 0) is 9.59 Å². The van der Waals surface area contributed by atoms with Gasteiger partial charge in [0.15, 0.2) is 0 Å². The predicted molar refractivity (Wildman–Crippen MR) is 88.4 cm³/mol. The number of allylic oxidation sites excluding steroid dienone is 2. The molecule has 0 saturated carbocycles. The summed E-state index contributed by atoms with van der Waals surface area (Å²) in [5, 5.41) is 2.26. The largest absolute Gasteiger partial charge is 0.465 e. The Kier molecular flexibility index (Phi) is 6.22. The first-order valence-electron chi connectivity index (χ1n) is 7.34. The van der Waals surface area contributed by atoms with Crippen molar-refractivity contribution < 1.29 is 18.8 Å². The maximum absolute atomic E-state index is 12.2. The molecule has 122 valence electrons. The Morgan fingerprint density at radius 1 is 1.43 bits per heavy atom. The van der Waals surface area contributed by atoms with Gasteiger partial charge in [-0.1, -0.05) is 19.4 Å². The number of imide groups is 1. The number of rotatable bonds is 7. The van der Waals surface area contributed by atoms with Gasteiger partial charge in [0.1, 0.15) is 12.3 Å². The van der Waals surface area contributed by atoms with E-state index in [1.165, 1.54) is 0 Å². The summed E-state index contributed by atoms with van der Waals surface area (Å²) >= 11 is 0.826. The fourth-order valence-electron chi connectivity index (χ4n) is 1.87. The van der Waals surface area contributed by atoms with Gasteiger partial charge in [-0.2, -0.15) is 0 Å². The molecule has 1 fully saturated rings. The molecule has 0 bridgehead atoms. The van der Waals surface area contributed by atoms with Crippen LogP contribution in [0.5, 0.6) is 0 Å². The zero-order chi connectivity index (χ0) is 16.7. The number of unbranched alkanes of at least 4 members (excludes halogenated alkanes) is 1. The first kappa shape index (κ1) is 17.1. The van der Waals surface area contributed by atoms with Crippen molar-refractivity contribution in [3.63, 3.8) is 0 Å². The second kappa shape index (κ2) is 8.38. The van der Waals surface area contributed by atoms with E-state index in [4.69, 9.17) is 4.42 Å². The fraction of sp³-hybridized carbons (Fsp3) is 0.312. The molecule has 1 aromatic rings.